The summed E-state index contributed by atoms with van der Waals surface area (Å²) < 4.78 is 16.8. The van der Waals surface area contributed by atoms with Crippen LogP contribution in [0.25, 0.3) is 11.5 Å². The topological polar surface area (TPSA) is 80.3 Å². The number of hydrogen-bond donors (Lipinski definition) is 1. The Balaban J connectivity index is 1.42. The zero-order chi connectivity index (χ0) is 21.5. The highest BCUT2D eigenvalue weighted by atomic mass is 16.5. The van der Waals surface area contributed by atoms with Gasteiger partial charge in [-0.15, -0.1) is 0 Å². The van der Waals surface area contributed by atoms with Gasteiger partial charge in [-0.05, 0) is 47.5 Å². The van der Waals surface area contributed by atoms with Gasteiger partial charge in [-0.25, -0.2) is 0 Å². The summed E-state index contributed by atoms with van der Waals surface area (Å²) in [6.45, 7) is 0.997. The molecule has 1 aromatic heterocycles. The number of nitriles is 1. The Kier molecular flexibility index (Phi) is 6.15. The maximum atomic E-state index is 9.42. The molecule has 0 aliphatic heterocycles. The molecule has 0 saturated heterocycles. The standard InChI is InChI=1S/C25H21N3O3/c1-29-21-11-7-18(8-12-21)16-27-25-23(15-26)28-24(31-25)20-9-13-22(14-10-20)30-17-19-5-3-2-4-6-19/h2-14,27H,16-17H2,1H3. The van der Waals surface area contributed by atoms with E-state index in [1.54, 1.807) is 7.11 Å². The minimum Gasteiger partial charge on any atom is -0.497 e. The summed E-state index contributed by atoms with van der Waals surface area (Å²) in [6, 6.07) is 27.2. The first kappa shape index (κ1) is 20.0. The van der Waals surface area contributed by atoms with Crippen molar-refractivity contribution in [2.24, 2.45) is 0 Å². The highest BCUT2D eigenvalue weighted by molar-refractivity contribution is 5.59. The van der Waals surface area contributed by atoms with Crippen LogP contribution in [-0.2, 0) is 13.2 Å². The number of oxazole rings is 1. The lowest BCUT2D eigenvalue weighted by Gasteiger charge is -2.06. The molecule has 0 amide bonds. The summed E-state index contributed by atoms with van der Waals surface area (Å²) in [7, 11) is 1.63. The third kappa shape index (κ3) is 5.03. The minimum absolute atomic E-state index is 0.216. The normalized spacial score (nSPS) is 10.3. The van der Waals surface area contributed by atoms with Gasteiger partial charge in [0, 0.05) is 12.1 Å². The van der Waals surface area contributed by atoms with Gasteiger partial charge in [0.1, 0.15) is 24.2 Å². The number of nitrogens with zero attached hydrogens (tertiary/aromatic N) is 2. The van der Waals surface area contributed by atoms with Crippen LogP contribution in [0.3, 0.4) is 0 Å². The summed E-state index contributed by atoms with van der Waals surface area (Å²) in [5.41, 5.74) is 3.11. The summed E-state index contributed by atoms with van der Waals surface area (Å²) in [6.07, 6.45) is 0. The van der Waals surface area contributed by atoms with E-state index < -0.39 is 0 Å². The van der Waals surface area contributed by atoms with E-state index in [4.69, 9.17) is 13.9 Å². The summed E-state index contributed by atoms with van der Waals surface area (Å²) in [5.74, 6) is 2.26. The smallest absolute Gasteiger partial charge is 0.232 e. The first-order valence-corrected chi connectivity index (χ1v) is 9.80. The lowest BCUT2D eigenvalue weighted by Crippen LogP contribution is -1.99. The number of anilines is 1. The maximum Gasteiger partial charge on any atom is 0.232 e. The third-order valence-electron chi connectivity index (χ3n) is 4.69. The average Bonchev–Trinajstić information content (AvgIpc) is 3.26. The Hall–Kier alpha value is -4.24. The second-order valence-electron chi connectivity index (χ2n) is 6.81. The SMILES string of the molecule is COc1ccc(CNc2oc(-c3ccc(OCc4ccccc4)cc3)nc2C#N)cc1. The number of aromatic nitrogens is 1. The molecule has 6 nitrogen and oxygen atoms in total. The zero-order valence-corrected chi connectivity index (χ0v) is 17.0. The summed E-state index contributed by atoms with van der Waals surface area (Å²) in [4.78, 5) is 4.31. The molecule has 1 N–H and O–H groups in total. The predicted octanol–water partition coefficient (Wildman–Crippen LogP) is 5.41. The Morgan fingerprint density at radius 1 is 0.903 bits per heavy atom. The molecule has 0 atom stereocenters. The number of nitrogens with one attached hydrogen (secondary N) is 1. The molecule has 3 aromatic carbocycles. The van der Waals surface area contributed by atoms with Crippen LogP contribution in [0.1, 0.15) is 16.8 Å². The second kappa shape index (κ2) is 9.51. The molecule has 4 aromatic rings. The number of ether oxygens (including phenoxy) is 2. The van der Waals surface area contributed by atoms with Crippen LogP contribution >= 0.6 is 0 Å². The molecule has 0 radical (unpaired) electrons. The van der Waals surface area contributed by atoms with Crippen LogP contribution in [0, 0.1) is 11.3 Å². The van der Waals surface area contributed by atoms with Gasteiger partial charge in [0.2, 0.25) is 17.5 Å². The van der Waals surface area contributed by atoms with Crippen molar-refractivity contribution in [3.8, 4) is 29.0 Å². The van der Waals surface area contributed by atoms with Crippen molar-refractivity contribution in [2.75, 3.05) is 12.4 Å². The van der Waals surface area contributed by atoms with Crippen LogP contribution in [0.5, 0.6) is 11.5 Å². The Labute approximate surface area is 180 Å². The molecule has 0 aliphatic carbocycles. The molecule has 1 heterocycles. The van der Waals surface area contributed by atoms with E-state index in [0.29, 0.717) is 24.9 Å². The number of benzene rings is 3. The maximum absolute atomic E-state index is 9.42. The lowest BCUT2D eigenvalue weighted by molar-refractivity contribution is 0.306. The molecule has 154 valence electrons. The fraction of sp³-hybridized carbons (Fsp3) is 0.120. The average molecular weight is 411 g/mol. The van der Waals surface area contributed by atoms with Crippen LogP contribution < -0.4 is 14.8 Å². The van der Waals surface area contributed by atoms with Crippen LogP contribution in [0.2, 0.25) is 0 Å². The fourth-order valence-electron chi connectivity index (χ4n) is 3.00. The molecule has 0 spiro atoms. The van der Waals surface area contributed by atoms with Crippen LogP contribution in [-0.4, -0.2) is 12.1 Å². The highest BCUT2D eigenvalue weighted by Gasteiger charge is 2.14. The van der Waals surface area contributed by atoms with E-state index >= 15 is 0 Å². The van der Waals surface area contributed by atoms with Gasteiger partial charge in [-0.1, -0.05) is 42.5 Å². The van der Waals surface area contributed by atoms with Crippen molar-refractivity contribution >= 4 is 5.88 Å². The van der Waals surface area contributed by atoms with Gasteiger partial charge in [0.25, 0.3) is 0 Å². The van der Waals surface area contributed by atoms with Gasteiger partial charge < -0.3 is 19.2 Å². The number of hydrogen-bond acceptors (Lipinski definition) is 6. The first-order chi connectivity index (χ1) is 15.2. The molecular weight excluding hydrogens is 390 g/mol. The molecule has 6 heteroatoms. The summed E-state index contributed by atoms with van der Waals surface area (Å²) >= 11 is 0. The highest BCUT2D eigenvalue weighted by Crippen LogP contribution is 2.27. The van der Waals surface area contributed by atoms with E-state index in [0.717, 1.165) is 28.2 Å². The predicted molar refractivity (Wildman–Crippen MR) is 118 cm³/mol. The first-order valence-electron chi connectivity index (χ1n) is 9.80. The number of rotatable bonds is 8. The molecular formula is C25H21N3O3. The van der Waals surface area contributed by atoms with Crippen molar-refractivity contribution in [3.63, 3.8) is 0 Å². The molecule has 4 rings (SSSR count). The Morgan fingerprint density at radius 3 is 2.29 bits per heavy atom. The quantitative estimate of drug-likeness (QED) is 0.417. The zero-order valence-electron chi connectivity index (χ0n) is 17.0. The Morgan fingerprint density at radius 2 is 1.61 bits per heavy atom. The number of methoxy groups -OCH3 is 1. The van der Waals surface area contributed by atoms with Crippen molar-refractivity contribution in [1.82, 2.24) is 4.98 Å². The van der Waals surface area contributed by atoms with Crippen molar-refractivity contribution < 1.29 is 13.9 Å². The fourth-order valence-corrected chi connectivity index (χ4v) is 3.00. The Bertz CT molecular complexity index is 1160. The van der Waals surface area contributed by atoms with E-state index in [-0.39, 0.29) is 5.69 Å². The van der Waals surface area contributed by atoms with Gasteiger partial charge >= 0.3 is 0 Å². The second-order valence-corrected chi connectivity index (χ2v) is 6.81. The van der Waals surface area contributed by atoms with E-state index in [1.807, 2.05) is 78.9 Å². The van der Waals surface area contributed by atoms with Gasteiger partial charge in [0.05, 0.1) is 7.11 Å². The largest absolute Gasteiger partial charge is 0.497 e. The monoisotopic (exact) mass is 411 g/mol. The van der Waals surface area contributed by atoms with Crippen LogP contribution in [0.15, 0.2) is 83.3 Å². The van der Waals surface area contributed by atoms with Gasteiger partial charge in [-0.2, -0.15) is 10.2 Å². The third-order valence-corrected chi connectivity index (χ3v) is 4.69. The minimum atomic E-state index is 0.216. The van der Waals surface area contributed by atoms with Gasteiger partial charge in [0.15, 0.2) is 0 Å². The van der Waals surface area contributed by atoms with Crippen molar-refractivity contribution in [3.05, 3.63) is 95.7 Å². The molecule has 0 saturated carbocycles. The van der Waals surface area contributed by atoms with Crippen LogP contribution in [0.4, 0.5) is 5.88 Å². The van der Waals surface area contributed by atoms with E-state index in [1.165, 1.54) is 0 Å². The van der Waals surface area contributed by atoms with Crippen molar-refractivity contribution in [1.29, 1.82) is 5.26 Å². The molecule has 31 heavy (non-hydrogen) atoms. The van der Waals surface area contributed by atoms with E-state index in [9.17, 15) is 5.26 Å². The van der Waals surface area contributed by atoms with Gasteiger partial charge in [-0.3, -0.25) is 0 Å². The van der Waals surface area contributed by atoms with E-state index in [2.05, 4.69) is 16.4 Å². The molecule has 0 fully saturated rings. The van der Waals surface area contributed by atoms with Crippen molar-refractivity contribution in [2.45, 2.75) is 13.2 Å². The molecule has 0 bridgehead atoms. The summed E-state index contributed by atoms with van der Waals surface area (Å²) in [5, 5.41) is 12.6. The molecule has 0 unspecified atom stereocenters. The molecule has 0 aliphatic rings. The lowest BCUT2D eigenvalue weighted by atomic mass is 10.2.